The Kier molecular flexibility index (Phi) is 5.48. The van der Waals surface area contributed by atoms with E-state index in [-0.39, 0.29) is 35.3 Å². The molecule has 0 bridgehead atoms. The molecule has 1 aliphatic carbocycles. The van der Waals surface area contributed by atoms with Gasteiger partial charge >= 0.3 is 0 Å². The van der Waals surface area contributed by atoms with E-state index in [9.17, 15) is 19.1 Å². The first-order valence-electron chi connectivity index (χ1n) is 12.3. The van der Waals surface area contributed by atoms with Crippen LogP contribution in [0.4, 0.5) is 4.39 Å². The van der Waals surface area contributed by atoms with Crippen LogP contribution >= 0.6 is 0 Å². The van der Waals surface area contributed by atoms with Crippen LogP contribution in [0.3, 0.4) is 0 Å². The van der Waals surface area contributed by atoms with E-state index in [0.717, 1.165) is 24.0 Å². The molecule has 2 fully saturated rings. The van der Waals surface area contributed by atoms with E-state index in [0.29, 0.717) is 24.4 Å². The molecule has 2 amide bonds. The number of amides is 2. The van der Waals surface area contributed by atoms with Crippen molar-refractivity contribution in [1.82, 2.24) is 24.4 Å². The molecule has 0 unspecified atom stereocenters. The van der Waals surface area contributed by atoms with E-state index in [1.54, 1.807) is 46.5 Å². The van der Waals surface area contributed by atoms with Gasteiger partial charge in [0.2, 0.25) is 5.91 Å². The number of benzene rings is 1. The second kappa shape index (κ2) is 8.09. The van der Waals surface area contributed by atoms with Crippen molar-refractivity contribution in [3.05, 3.63) is 53.6 Å². The Bertz CT molecular complexity index is 1350. The summed E-state index contributed by atoms with van der Waals surface area (Å²) in [6.45, 7) is 10.3. The van der Waals surface area contributed by atoms with Gasteiger partial charge in [-0.3, -0.25) is 9.59 Å². The maximum Gasteiger partial charge on any atom is 0.275 e. The molecule has 3 heterocycles. The van der Waals surface area contributed by atoms with Crippen molar-refractivity contribution in [2.75, 3.05) is 19.7 Å². The molecule has 1 aromatic carbocycles. The Balaban J connectivity index is 1.53. The first-order valence-corrected chi connectivity index (χ1v) is 12.3. The smallest absolute Gasteiger partial charge is 0.275 e. The molecule has 5 rings (SSSR count). The number of imidazole rings is 1. The van der Waals surface area contributed by atoms with E-state index in [1.165, 1.54) is 12.1 Å². The van der Waals surface area contributed by atoms with Crippen molar-refractivity contribution in [2.24, 2.45) is 0 Å². The Morgan fingerprint density at radius 1 is 1.14 bits per heavy atom. The van der Waals surface area contributed by atoms with Crippen molar-refractivity contribution in [1.29, 1.82) is 0 Å². The summed E-state index contributed by atoms with van der Waals surface area (Å²) < 4.78 is 15.1. The molecule has 0 spiro atoms. The number of carbonyl (C=O) groups excluding carboxylic acids is 2. The Morgan fingerprint density at radius 3 is 2.39 bits per heavy atom. The molecule has 36 heavy (non-hydrogen) atoms. The predicted octanol–water partition coefficient (Wildman–Crippen LogP) is 3.42. The largest absolute Gasteiger partial charge is 0.394 e. The van der Waals surface area contributed by atoms with Crippen LogP contribution in [-0.4, -0.2) is 72.1 Å². The number of aliphatic hydroxyl groups excluding tert-OH is 1. The van der Waals surface area contributed by atoms with Crippen LogP contribution in [-0.2, 0) is 10.2 Å². The third kappa shape index (κ3) is 3.86. The average Bonchev–Trinajstić information content (AvgIpc) is 3.49. The number of aromatic nitrogens is 3. The molecular weight excluding hydrogens is 461 g/mol. The first-order chi connectivity index (χ1) is 16.9. The molecule has 0 atom stereocenters. The monoisotopic (exact) mass is 493 g/mol. The number of fused-ring (bicyclic) bond motifs is 1. The number of carbonyl (C=O) groups is 2. The minimum atomic E-state index is -1.07. The summed E-state index contributed by atoms with van der Waals surface area (Å²) in [6.07, 6.45) is 3.16. The van der Waals surface area contributed by atoms with Crippen molar-refractivity contribution in [2.45, 2.75) is 64.0 Å². The predicted molar refractivity (Wildman–Crippen MR) is 133 cm³/mol. The van der Waals surface area contributed by atoms with Gasteiger partial charge in [-0.15, -0.1) is 0 Å². The van der Waals surface area contributed by atoms with Crippen LogP contribution < -0.4 is 0 Å². The van der Waals surface area contributed by atoms with Crippen molar-refractivity contribution < 1.29 is 19.1 Å². The molecule has 1 saturated heterocycles. The molecule has 8 nitrogen and oxygen atoms in total. The second-order valence-corrected chi connectivity index (χ2v) is 11.4. The van der Waals surface area contributed by atoms with E-state index < -0.39 is 11.1 Å². The van der Waals surface area contributed by atoms with Gasteiger partial charge in [-0.2, -0.15) is 5.10 Å². The van der Waals surface area contributed by atoms with Gasteiger partial charge in [-0.05, 0) is 62.4 Å². The number of rotatable bonds is 4. The summed E-state index contributed by atoms with van der Waals surface area (Å²) in [4.78, 5) is 35.1. The fourth-order valence-corrected chi connectivity index (χ4v) is 5.02. The molecule has 1 saturated carbocycles. The lowest BCUT2D eigenvalue weighted by molar-refractivity contribution is -0.151. The molecule has 0 radical (unpaired) electrons. The van der Waals surface area contributed by atoms with Crippen molar-refractivity contribution in [3.8, 4) is 11.3 Å². The van der Waals surface area contributed by atoms with Gasteiger partial charge in [0.25, 0.3) is 5.91 Å². The average molecular weight is 494 g/mol. The Labute approximate surface area is 209 Å². The number of aliphatic hydroxyl groups is 1. The number of nitrogens with zero attached hydrogens (tertiary/aromatic N) is 5. The lowest BCUT2D eigenvalue weighted by Crippen LogP contribution is -2.67. The number of halogens is 1. The highest BCUT2D eigenvalue weighted by Gasteiger charge is 2.56. The maximum absolute atomic E-state index is 13.7. The topological polar surface area (TPSA) is 91.0 Å². The normalized spacial score (nSPS) is 19.1. The van der Waals surface area contributed by atoms with Gasteiger partial charge < -0.3 is 14.9 Å². The van der Waals surface area contributed by atoms with E-state index in [4.69, 9.17) is 0 Å². The Morgan fingerprint density at radius 2 is 1.81 bits per heavy atom. The highest BCUT2D eigenvalue weighted by molar-refractivity contribution is 5.99. The first kappa shape index (κ1) is 24.4. The molecule has 2 aromatic heterocycles. The third-order valence-electron chi connectivity index (χ3n) is 7.52. The van der Waals surface area contributed by atoms with E-state index >= 15 is 0 Å². The lowest BCUT2D eigenvalue weighted by Gasteiger charge is -2.48. The van der Waals surface area contributed by atoms with Gasteiger partial charge in [-0.25, -0.2) is 13.9 Å². The van der Waals surface area contributed by atoms with Gasteiger partial charge in [0, 0.05) is 24.2 Å². The van der Waals surface area contributed by atoms with Gasteiger partial charge in [0.1, 0.15) is 17.1 Å². The highest BCUT2D eigenvalue weighted by Crippen LogP contribution is 2.44. The van der Waals surface area contributed by atoms with Gasteiger partial charge in [0.15, 0.2) is 5.65 Å². The molecule has 1 N–H and O–H groups in total. The van der Waals surface area contributed by atoms with Crippen LogP contribution in [0.2, 0.25) is 0 Å². The molecule has 9 heteroatoms. The van der Waals surface area contributed by atoms with E-state index in [2.05, 4.69) is 30.9 Å². The summed E-state index contributed by atoms with van der Waals surface area (Å²) in [5.41, 5.74) is 1.23. The summed E-state index contributed by atoms with van der Waals surface area (Å²) in [5, 5.41) is 14.5. The SMILES string of the molecule is CC(C)(C)c1cc(-c2ccc(F)cc2)nn2cc(C(=O)N3CCN(C4(CO)CC4)C(=O)C3(C)C)nc12. The van der Waals surface area contributed by atoms with E-state index in [1.807, 2.05) is 6.07 Å². The third-order valence-corrected chi connectivity index (χ3v) is 7.52. The molecule has 1 aliphatic heterocycles. The zero-order chi connectivity index (χ0) is 26.0. The minimum Gasteiger partial charge on any atom is -0.394 e. The quantitative estimate of drug-likeness (QED) is 0.602. The zero-order valence-corrected chi connectivity index (χ0v) is 21.4. The molecule has 190 valence electrons. The van der Waals surface area contributed by atoms with Crippen molar-refractivity contribution in [3.63, 3.8) is 0 Å². The fourth-order valence-electron chi connectivity index (χ4n) is 5.02. The summed E-state index contributed by atoms with van der Waals surface area (Å²) in [7, 11) is 0. The van der Waals surface area contributed by atoms with Crippen LogP contribution in [0, 0.1) is 5.82 Å². The molecular formula is C27H32FN5O3. The Hall–Kier alpha value is -3.33. The van der Waals surface area contributed by atoms with Gasteiger partial charge in [0.05, 0.1) is 24.0 Å². The summed E-state index contributed by atoms with van der Waals surface area (Å²) in [6, 6.07) is 8.06. The van der Waals surface area contributed by atoms with Crippen LogP contribution in [0.15, 0.2) is 36.5 Å². The number of piperazine rings is 1. The lowest BCUT2D eigenvalue weighted by atomic mass is 9.87. The van der Waals surface area contributed by atoms with Crippen molar-refractivity contribution >= 4 is 17.5 Å². The second-order valence-electron chi connectivity index (χ2n) is 11.4. The summed E-state index contributed by atoms with van der Waals surface area (Å²) in [5.74, 6) is -0.824. The number of hydrogen-bond acceptors (Lipinski definition) is 5. The van der Waals surface area contributed by atoms with Crippen LogP contribution in [0.1, 0.15) is 63.5 Å². The zero-order valence-electron chi connectivity index (χ0n) is 21.4. The van der Waals surface area contributed by atoms with Crippen LogP contribution in [0.5, 0.6) is 0 Å². The summed E-state index contributed by atoms with van der Waals surface area (Å²) >= 11 is 0. The van der Waals surface area contributed by atoms with Gasteiger partial charge in [-0.1, -0.05) is 20.8 Å². The highest BCUT2D eigenvalue weighted by atomic mass is 19.1. The number of hydrogen-bond donors (Lipinski definition) is 1. The maximum atomic E-state index is 13.7. The molecule has 2 aliphatic rings. The fraction of sp³-hybridized carbons (Fsp3) is 0.481. The van der Waals surface area contributed by atoms with Crippen LogP contribution in [0.25, 0.3) is 16.9 Å². The standard InChI is InChI=1S/C27H32FN5O3/c1-25(2,3)19-14-20(17-6-8-18(28)9-7-17)30-33-15-21(29-22(19)33)23(35)31-12-13-32(24(36)26(31,4)5)27(16-34)10-11-27/h6-9,14-15,34H,10-13,16H2,1-5H3. The minimum absolute atomic E-state index is 0.0627. The molecule has 3 aromatic rings.